The minimum Gasteiger partial charge on any atom is -0.459 e. The van der Waals surface area contributed by atoms with Crippen LogP contribution in [0.15, 0.2) is 35.5 Å². The predicted molar refractivity (Wildman–Crippen MR) is 90.9 cm³/mol. The smallest absolute Gasteiger partial charge is 0.318 e. The van der Waals surface area contributed by atoms with Gasteiger partial charge in [-0.05, 0) is 43.9 Å². The lowest BCUT2D eigenvalue weighted by molar-refractivity contribution is 0.279. The average Bonchev–Trinajstić information content (AvgIpc) is 2.64. The number of benzene rings is 1. The lowest BCUT2D eigenvalue weighted by Gasteiger charge is -2.28. The highest BCUT2D eigenvalue weighted by Crippen LogP contribution is 2.19. The molecule has 0 aliphatic carbocycles. The van der Waals surface area contributed by atoms with Gasteiger partial charge in [-0.25, -0.2) is 18.8 Å². The second-order valence-corrected chi connectivity index (χ2v) is 5.95. The molecule has 2 heterocycles. The number of hydrogen-bond donors (Lipinski definition) is 0. The van der Waals surface area contributed by atoms with Gasteiger partial charge in [0.05, 0.1) is 6.20 Å². The first-order valence-corrected chi connectivity index (χ1v) is 8.32. The summed E-state index contributed by atoms with van der Waals surface area (Å²) in [6, 6.07) is 5.96. The van der Waals surface area contributed by atoms with Gasteiger partial charge in [0, 0.05) is 13.1 Å². The first-order chi connectivity index (χ1) is 12.1. The van der Waals surface area contributed by atoms with E-state index >= 15 is 0 Å². The zero-order chi connectivity index (χ0) is 17.6. The van der Waals surface area contributed by atoms with Crippen molar-refractivity contribution >= 4 is 11.7 Å². The van der Waals surface area contributed by atoms with Crippen LogP contribution in [0.25, 0.3) is 0 Å². The molecule has 132 valence electrons. The highest BCUT2D eigenvalue weighted by molar-refractivity contribution is 5.82. The molecule has 2 aromatic rings. The van der Waals surface area contributed by atoms with Crippen molar-refractivity contribution in [3.8, 4) is 6.01 Å². The van der Waals surface area contributed by atoms with Crippen LogP contribution in [0.4, 0.5) is 14.6 Å². The number of rotatable bonds is 4. The number of nitrogens with zero attached hydrogens (tertiary/aromatic N) is 4. The van der Waals surface area contributed by atoms with Crippen molar-refractivity contribution in [2.45, 2.75) is 32.8 Å². The predicted octanol–water partition coefficient (Wildman–Crippen LogP) is 3.87. The van der Waals surface area contributed by atoms with Gasteiger partial charge >= 0.3 is 6.01 Å². The Morgan fingerprint density at radius 3 is 2.60 bits per heavy atom. The van der Waals surface area contributed by atoms with E-state index in [0.717, 1.165) is 43.5 Å². The molecule has 1 aromatic carbocycles. The normalized spacial score (nSPS) is 15.3. The number of halogens is 2. The first kappa shape index (κ1) is 17.3. The first-order valence-electron chi connectivity index (χ1n) is 8.32. The molecule has 1 fully saturated rings. The third-order valence-corrected chi connectivity index (χ3v) is 4.07. The zero-order valence-corrected chi connectivity index (χ0v) is 14.1. The van der Waals surface area contributed by atoms with E-state index in [1.807, 2.05) is 6.92 Å². The van der Waals surface area contributed by atoms with Crippen molar-refractivity contribution < 1.29 is 13.5 Å². The summed E-state index contributed by atoms with van der Waals surface area (Å²) in [5.41, 5.74) is 0.767. The van der Waals surface area contributed by atoms with E-state index in [1.54, 1.807) is 12.1 Å². The van der Waals surface area contributed by atoms with Crippen molar-refractivity contribution in [3.63, 3.8) is 0 Å². The van der Waals surface area contributed by atoms with Crippen LogP contribution >= 0.6 is 0 Å². The van der Waals surface area contributed by atoms with Gasteiger partial charge < -0.3 is 9.64 Å². The minimum atomic E-state index is -0.592. The summed E-state index contributed by atoms with van der Waals surface area (Å²) in [5, 5.41) is 0. The Kier molecular flexibility index (Phi) is 5.53. The Hall–Kier alpha value is -2.57. The van der Waals surface area contributed by atoms with Crippen molar-refractivity contribution in [3.05, 3.63) is 47.7 Å². The molecule has 1 aliphatic rings. The van der Waals surface area contributed by atoms with Crippen LogP contribution < -0.4 is 4.74 Å². The lowest BCUT2D eigenvalue weighted by atomic mass is 10.1. The Morgan fingerprint density at radius 1 is 1.16 bits per heavy atom. The highest BCUT2D eigenvalue weighted by atomic mass is 19.1. The number of amidine groups is 1. The van der Waals surface area contributed by atoms with Gasteiger partial charge in [-0.1, -0.05) is 12.1 Å². The molecule has 0 unspecified atom stereocenters. The van der Waals surface area contributed by atoms with E-state index in [9.17, 15) is 8.78 Å². The molecule has 0 amide bonds. The Bertz CT molecular complexity index is 743. The number of likely N-dealkylation sites (tertiary alicyclic amines) is 1. The highest BCUT2D eigenvalue weighted by Gasteiger charge is 2.13. The molecule has 1 aliphatic heterocycles. The SMILES string of the molecule is CC(=Nc1nc(OCc2ccc(F)cc2)ncc1F)N1CCCCC1. The molecule has 0 bridgehead atoms. The molecule has 1 aromatic heterocycles. The van der Waals surface area contributed by atoms with Crippen LogP contribution in [0.5, 0.6) is 6.01 Å². The van der Waals surface area contributed by atoms with Gasteiger partial charge in [0.1, 0.15) is 18.3 Å². The summed E-state index contributed by atoms with van der Waals surface area (Å²) in [6.45, 7) is 3.87. The Balaban J connectivity index is 1.70. The summed E-state index contributed by atoms with van der Waals surface area (Å²) in [7, 11) is 0. The molecule has 7 heteroatoms. The molecule has 1 saturated heterocycles. The molecule has 3 rings (SSSR count). The minimum absolute atomic E-state index is 0.0350. The van der Waals surface area contributed by atoms with E-state index < -0.39 is 5.82 Å². The Labute approximate surface area is 145 Å². The second kappa shape index (κ2) is 8.00. The number of ether oxygens (including phenoxy) is 1. The molecular formula is C18H20F2N4O. The lowest BCUT2D eigenvalue weighted by Crippen LogP contribution is -2.33. The van der Waals surface area contributed by atoms with Crippen LogP contribution in [0.3, 0.4) is 0 Å². The van der Waals surface area contributed by atoms with Crippen LogP contribution in [-0.2, 0) is 6.61 Å². The fraction of sp³-hybridized carbons (Fsp3) is 0.389. The van der Waals surface area contributed by atoms with Gasteiger partial charge in [0.25, 0.3) is 0 Å². The molecule has 0 radical (unpaired) electrons. The molecule has 0 atom stereocenters. The van der Waals surface area contributed by atoms with Gasteiger partial charge in [0.15, 0.2) is 11.6 Å². The maximum atomic E-state index is 14.0. The summed E-state index contributed by atoms with van der Waals surface area (Å²) in [5.74, 6) is -0.203. The Morgan fingerprint density at radius 2 is 1.88 bits per heavy atom. The van der Waals surface area contributed by atoms with Crippen molar-refractivity contribution in [2.24, 2.45) is 4.99 Å². The topological polar surface area (TPSA) is 50.6 Å². The summed E-state index contributed by atoms with van der Waals surface area (Å²) in [4.78, 5) is 14.3. The van der Waals surface area contributed by atoms with Gasteiger partial charge in [-0.2, -0.15) is 4.98 Å². The monoisotopic (exact) mass is 346 g/mol. The molecule has 25 heavy (non-hydrogen) atoms. The van der Waals surface area contributed by atoms with E-state index in [0.29, 0.717) is 0 Å². The standard InChI is InChI=1S/C18H20F2N4O/c1-13(24-9-3-2-4-10-24)22-17-16(20)11-21-18(23-17)25-12-14-5-7-15(19)8-6-14/h5-8,11H,2-4,9-10,12H2,1H3. The summed E-state index contributed by atoms with van der Waals surface area (Å²) < 4.78 is 32.3. The maximum absolute atomic E-state index is 14.0. The second-order valence-electron chi connectivity index (χ2n) is 5.95. The van der Waals surface area contributed by atoms with Crippen molar-refractivity contribution in [1.82, 2.24) is 14.9 Å². The van der Waals surface area contributed by atoms with Crippen LogP contribution in [0.1, 0.15) is 31.7 Å². The molecule has 0 N–H and O–H groups in total. The fourth-order valence-electron chi connectivity index (χ4n) is 2.66. The van der Waals surface area contributed by atoms with E-state index in [-0.39, 0.29) is 24.3 Å². The van der Waals surface area contributed by atoms with Crippen molar-refractivity contribution in [1.29, 1.82) is 0 Å². The summed E-state index contributed by atoms with van der Waals surface area (Å²) in [6.07, 6.45) is 4.50. The largest absolute Gasteiger partial charge is 0.459 e. The van der Waals surface area contributed by atoms with E-state index in [4.69, 9.17) is 4.74 Å². The number of aliphatic imine (C=N–C) groups is 1. The maximum Gasteiger partial charge on any atom is 0.318 e. The average molecular weight is 346 g/mol. The van der Waals surface area contributed by atoms with Crippen LogP contribution in [0, 0.1) is 11.6 Å². The van der Waals surface area contributed by atoms with Crippen LogP contribution in [0.2, 0.25) is 0 Å². The number of piperidine rings is 1. The van der Waals surface area contributed by atoms with Gasteiger partial charge in [-0.15, -0.1) is 0 Å². The van der Waals surface area contributed by atoms with Crippen LogP contribution in [-0.4, -0.2) is 33.8 Å². The molecule has 0 saturated carbocycles. The zero-order valence-electron chi connectivity index (χ0n) is 14.1. The van der Waals surface area contributed by atoms with E-state index in [1.165, 1.54) is 18.6 Å². The van der Waals surface area contributed by atoms with E-state index in [2.05, 4.69) is 19.9 Å². The molecule has 0 spiro atoms. The third-order valence-electron chi connectivity index (χ3n) is 4.07. The summed E-state index contributed by atoms with van der Waals surface area (Å²) >= 11 is 0. The quantitative estimate of drug-likeness (QED) is 0.623. The van der Waals surface area contributed by atoms with Gasteiger partial charge in [-0.3, -0.25) is 0 Å². The number of aromatic nitrogens is 2. The number of hydrogen-bond acceptors (Lipinski definition) is 4. The van der Waals surface area contributed by atoms with Gasteiger partial charge in [0.2, 0.25) is 0 Å². The molecular weight excluding hydrogens is 326 g/mol. The molecule has 5 nitrogen and oxygen atoms in total. The van der Waals surface area contributed by atoms with Crippen molar-refractivity contribution in [2.75, 3.05) is 13.1 Å². The fourth-order valence-corrected chi connectivity index (χ4v) is 2.66. The third kappa shape index (κ3) is 4.71.